The Hall–Kier alpha value is -1.80. The maximum Gasteiger partial charge on any atom is 0.193 e. The Labute approximate surface area is 197 Å². The Morgan fingerprint density at radius 1 is 1.20 bits per heavy atom. The highest BCUT2D eigenvalue weighted by Gasteiger charge is 2.37. The van der Waals surface area contributed by atoms with Gasteiger partial charge < -0.3 is 20.5 Å². The molecule has 6 heteroatoms. The van der Waals surface area contributed by atoms with E-state index in [0.29, 0.717) is 18.4 Å². The highest BCUT2D eigenvalue weighted by Crippen LogP contribution is 2.40. The van der Waals surface area contributed by atoms with Crippen molar-refractivity contribution in [2.24, 2.45) is 10.7 Å². The van der Waals surface area contributed by atoms with Gasteiger partial charge in [0.15, 0.2) is 5.96 Å². The molecule has 0 aliphatic carbocycles. The van der Waals surface area contributed by atoms with Gasteiger partial charge in [-0.05, 0) is 49.4 Å². The van der Waals surface area contributed by atoms with E-state index in [1.54, 1.807) is 7.11 Å². The molecule has 2 aromatic carbocycles. The van der Waals surface area contributed by atoms with Gasteiger partial charge in [-0.15, -0.1) is 24.0 Å². The van der Waals surface area contributed by atoms with Gasteiger partial charge in [-0.25, -0.2) is 0 Å². The van der Waals surface area contributed by atoms with E-state index in [-0.39, 0.29) is 29.4 Å². The fourth-order valence-corrected chi connectivity index (χ4v) is 3.91. The molecule has 1 heterocycles. The summed E-state index contributed by atoms with van der Waals surface area (Å²) < 4.78 is 11.3. The maximum atomic E-state index is 6.26. The van der Waals surface area contributed by atoms with Gasteiger partial charge >= 0.3 is 0 Å². The number of aryl methyl sites for hydroxylation is 1. The minimum absolute atomic E-state index is 0. The van der Waals surface area contributed by atoms with Crippen molar-refractivity contribution < 1.29 is 9.47 Å². The molecule has 0 saturated carbocycles. The van der Waals surface area contributed by atoms with Crippen LogP contribution in [0.2, 0.25) is 0 Å². The average Bonchev–Trinajstić information content (AvgIpc) is 2.73. The number of hydrogen-bond acceptors (Lipinski definition) is 3. The van der Waals surface area contributed by atoms with Crippen molar-refractivity contribution in [3.8, 4) is 5.75 Å². The lowest BCUT2D eigenvalue weighted by Gasteiger charge is -2.37. The topological polar surface area (TPSA) is 68.9 Å². The molecule has 5 nitrogen and oxygen atoms in total. The average molecular weight is 523 g/mol. The first kappa shape index (κ1) is 24.5. The molecular formula is C24H34IN3O2. The second-order valence-corrected chi connectivity index (χ2v) is 8.20. The fourth-order valence-electron chi connectivity index (χ4n) is 3.91. The second kappa shape index (κ2) is 11.0. The van der Waals surface area contributed by atoms with Crippen LogP contribution in [-0.2, 0) is 10.2 Å². The molecule has 0 spiro atoms. The van der Waals surface area contributed by atoms with Crippen molar-refractivity contribution in [1.82, 2.24) is 0 Å². The van der Waals surface area contributed by atoms with Crippen LogP contribution in [0.5, 0.6) is 5.75 Å². The first-order chi connectivity index (χ1) is 13.9. The first-order valence-corrected chi connectivity index (χ1v) is 10.3. The number of aliphatic imine (C=N–C) groups is 1. The van der Waals surface area contributed by atoms with Crippen LogP contribution in [0, 0.1) is 6.92 Å². The normalized spacial score (nSPS) is 16.1. The zero-order chi connectivity index (χ0) is 20.9. The molecule has 30 heavy (non-hydrogen) atoms. The van der Waals surface area contributed by atoms with Crippen molar-refractivity contribution >= 4 is 35.6 Å². The minimum Gasteiger partial charge on any atom is -0.496 e. The van der Waals surface area contributed by atoms with Gasteiger partial charge in [-0.2, -0.15) is 0 Å². The zero-order valence-corrected chi connectivity index (χ0v) is 20.7. The Morgan fingerprint density at radius 2 is 1.93 bits per heavy atom. The molecule has 3 N–H and O–H groups in total. The number of benzene rings is 2. The van der Waals surface area contributed by atoms with E-state index >= 15 is 0 Å². The van der Waals surface area contributed by atoms with Crippen molar-refractivity contribution in [2.45, 2.75) is 44.9 Å². The summed E-state index contributed by atoms with van der Waals surface area (Å²) in [7, 11) is 1.72. The van der Waals surface area contributed by atoms with Crippen LogP contribution in [-0.4, -0.2) is 32.8 Å². The summed E-state index contributed by atoms with van der Waals surface area (Å²) in [5.74, 6) is 1.81. The summed E-state index contributed by atoms with van der Waals surface area (Å²) in [6.45, 7) is 8.50. The molecule has 0 atom stereocenters. The number of ether oxygens (including phenoxy) is 2. The minimum atomic E-state index is -0.137. The lowest BCUT2D eigenvalue weighted by Crippen LogP contribution is -2.38. The number of methoxy groups -OCH3 is 1. The van der Waals surface area contributed by atoms with Crippen LogP contribution in [0.1, 0.15) is 49.3 Å². The summed E-state index contributed by atoms with van der Waals surface area (Å²) in [4.78, 5) is 4.74. The number of rotatable bonds is 6. The molecule has 0 aromatic heterocycles. The molecule has 0 radical (unpaired) electrons. The highest BCUT2D eigenvalue weighted by atomic mass is 127. The summed E-state index contributed by atoms with van der Waals surface area (Å²) >= 11 is 0. The predicted molar refractivity (Wildman–Crippen MR) is 136 cm³/mol. The molecule has 1 aliphatic heterocycles. The Balaban J connectivity index is 0.00000320. The lowest BCUT2D eigenvalue weighted by atomic mass is 9.73. The molecule has 2 aromatic rings. The van der Waals surface area contributed by atoms with Gasteiger partial charge in [0.2, 0.25) is 0 Å². The van der Waals surface area contributed by atoms with Crippen LogP contribution in [0.4, 0.5) is 5.69 Å². The van der Waals surface area contributed by atoms with E-state index in [2.05, 4.69) is 50.4 Å². The van der Waals surface area contributed by atoms with E-state index in [0.717, 1.165) is 37.5 Å². The molecule has 1 saturated heterocycles. The molecular weight excluding hydrogens is 489 g/mol. The number of hydrogen-bond donors (Lipinski definition) is 2. The number of nitrogens with two attached hydrogens (primary N) is 1. The van der Waals surface area contributed by atoms with Gasteiger partial charge in [0.25, 0.3) is 0 Å². The lowest BCUT2D eigenvalue weighted by molar-refractivity contribution is 0.0523. The Morgan fingerprint density at radius 3 is 2.60 bits per heavy atom. The molecule has 0 unspecified atom stereocenters. The van der Waals surface area contributed by atoms with Crippen LogP contribution in [0.25, 0.3) is 0 Å². The summed E-state index contributed by atoms with van der Waals surface area (Å²) in [6, 6.07) is 14.7. The molecule has 1 fully saturated rings. The number of halogens is 1. The smallest absolute Gasteiger partial charge is 0.193 e. The molecule has 1 aliphatic rings. The van der Waals surface area contributed by atoms with Gasteiger partial charge in [0, 0.05) is 29.9 Å². The fraction of sp³-hybridized carbons (Fsp3) is 0.458. The van der Waals surface area contributed by atoms with E-state index in [9.17, 15) is 0 Å². The summed E-state index contributed by atoms with van der Waals surface area (Å²) in [5, 5.41) is 3.25. The van der Waals surface area contributed by atoms with Gasteiger partial charge in [0.1, 0.15) is 5.75 Å². The maximum absolute atomic E-state index is 6.26. The van der Waals surface area contributed by atoms with E-state index in [4.69, 9.17) is 20.2 Å². The van der Waals surface area contributed by atoms with Crippen molar-refractivity contribution in [3.63, 3.8) is 0 Å². The van der Waals surface area contributed by atoms with Crippen LogP contribution < -0.4 is 15.8 Å². The Bertz CT molecular complexity index is 861. The number of nitrogens with zero attached hydrogens (tertiary/aromatic N) is 1. The van der Waals surface area contributed by atoms with Crippen molar-refractivity contribution in [1.29, 1.82) is 0 Å². The summed E-state index contributed by atoms with van der Waals surface area (Å²) in [6.07, 6.45) is 1.79. The molecule has 0 amide bonds. The van der Waals surface area contributed by atoms with Crippen LogP contribution in [0.15, 0.2) is 47.5 Å². The number of guanidine groups is 1. The monoisotopic (exact) mass is 523 g/mol. The predicted octanol–water partition coefficient (Wildman–Crippen LogP) is 5.22. The quantitative estimate of drug-likeness (QED) is 0.310. The van der Waals surface area contributed by atoms with E-state index in [1.807, 2.05) is 18.2 Å². The molecule has 0 bridgehead atoms. The summed E-state index contributed by atoms with van der Waals surface area (Å²) in [5.41, 5.74) is 10.8. The zero-order valence-electron chi connectivity index (χ0n) is 18.4. The third kappa shape index (κ3) is 5.88. The standard InChI is InChI=1S/C24H33N3O2.HI/c1-17(2)19-6-5-7-20(15-19)27-23(25)26-16-24(10-12-29-13-11-24)21-14-18(3)8-9-22(21)28-4;/h5-9,14-15,17H,10-13,16H2,1-4H3,(H3,25,26,27);1H. The first-order valence-electron chi connectivity index (χ1n) is 10.3. The Kier molecular flexibility index (Phi) is 8.97. The van der Waals surface area contributed by atoms with Gasteiger partial charge in [-0.1, -0.05) is 43.7 Å². The second-order valence-electron chi connectivity index (χ2n) is 8.20. The highest BCUT2D eigenvalue weighted by molar-refractivity contribution is 14.0. The van der Waals surface area contributed by atoms with E-state index < -0.39 is 0 Å². The van der Waals surface area contributed by atoms with E-state index in [1.165, 1.54) is 16.7 Å². The van der Waals surface area contributed by atoms with Crippen molar-refractivity contribution in [3.05, 3.63) is 59.2 Å². The SMILES string of the molecule is COc1ccc(C)cc1C1(CN=C(N)Nc2cccc(C(C)C)c2)CCOCC1.I. The van der Waals surface area contributed by atoms with Crippen LogP contribution >= 0.6 is 24.0 Å². The third-order valence-corrected chi connectivity index (χ3v) is 5.75. The van der Waals surface area contributed by atoms with Gasteiger partial charge in [0.05, 0.1) is 13.7 Å². The molecule has 164 valence electrons. The van der Waals surface area contributed by atoms with Gasteiger partial charge in [-0.3, -0.25) is 4.99 Å². The number of nitrogens with one attached hydrogen (secondary N) is 1. The molecule has 3 rings (SSSR count). The number of anilines is 1. The van der Waals surface area contributed by atoms with Crippen molar-refractivity contribution in [2.75, 3.05) is 32.2 Å². The largest absolute Gasteiger partial charge is 0.496 e. The van der Waals surface area contributed by atoms with Crippen LogP contribution in [0.3, 0.4) is 0 Å². The third-order valence-electron chi connectivity index (χ3n) is 5.75.